The number of rotatable bonds is 9. The van der Waals surface area contributed by atoms with Gasteiger partial charge in [0.15, 0.2) is 0 Å². The van der Waals surface area contributed by atoms with Gasteiger partial charge >= 0.3 is 0 Å². The van der Waals surface area contributed by atoms with Crippen molar-refractivity contribution in [3.8, 4) is 12.1 Å². The molecule has 1 aromatic rings. The number of carbonyl (C=O) groups is 3. The van der Waals surface area contributed by atoms with Crippen molar-refractivity contribution in [2.75, 3.05) is 36.6 Å². The largest absolute Gasteiger partial charge is 0.382 e. The van der Waals surface area contributed by atoms with E-state index < -0.39 is 34.5 Å². The molecule has 1 saturated heterocycles. The van der Waals surface area contributed by atoms with Gasteiger partial charge in [-0.3, -0.25) is 18.6 Å². The number of fused-ring (bicyclic) bond motifs is 2. The number of nitriles is 2. The topological polar surface area (TPSA) is 181 Å². The zero-order valence-electron chi connectivity index (χ0n) is 22.2. The number of anilines is 2. The van der Waals surface area contributed by atoms with E-state index >= 15 is 0 Å². The van der Waals surface area contributed by atoms with Crippen LogP contribution in [0.2, 0.25) is 0 Å². The number of hydrogen-bond acceptors (Lipinski definition) is 10. The molecule has 1 aliphatic heterocycles. The Hall–Kier alpha value is -3.33. The lowest BCUT2D eigenvalue weighted by Crippen LogP contribution is -2.66. The molecule has 40 heavy (non-hydrogen) atoms. The summed E-state index contributed by atoms with van der Waals surface area (Å²) in [5.41, 5.74) is 1.24. The van der Waals surface area contributed by atoms with E-state index in [4.69, 9.17) is 5.26 Å². The van der Waals surface area contributed by atoms with Gasteiger partial charge in [-0.25, -0.2) is 0 Å². The second-order valence-electron chi connectivity index (χ2n) is 10.2. The summed E-state index contributed by atoms with van der Waals surface area (Å²) in [7, 11) is -3.73. The number of amides is 3. The lowest BCUT2D eigenvalue weighted by atomic mass is 9.67. The third-order valence-electron chi connectivity index (χ3n) is 7.58. The molecule has 0 bridgehead atoms. The van der Waals surface area contributed by atoms with Crippen molar-refractivity contribution in [2.24, 2.45) is 17.8 Å². The molecule has 2 aliphatic carbocycles. The Morgan fingerprint density at radius 3 is 2.65 bits per heavy atom. The number of thioether (sulfide) groups is 1. The molecular formula is C26H32N6O6S2. The average molecular weight is 589 g/mol. The SMILES string of the molecule is CCN1C(=O)C2CC[C@H](Nc3cccc(NC(=O)COS(C)(=O)=O)c3)CC2SC2C(C#N)C(C(=O)NCC#N)C21. The van der Waals surface area contributed by atoms with E-state index in [-0.39, 0.29) is 46.9 Å². The summed E-state index contributed by atoms with van der Waals surface area (Å²) in [4.78, 5) is 40.3. The highest BCUT2D eigenvalue weighted by molar-refractivity contribution is 8.00. The number of nitrogens with zero attached hydrogens (tertiary/aromatic N) is 3. The quantitative estimate of drug-likeness (QED) is 0.281. The van der Waals surface area contributed by atoms with Gasteiger partial charge in [0.1, 0.15) is 13.2 Å². The second kappa shape index (κ2) is 12.5. The molecule has 1 aromatic carbocycles. The molecule has 3 fully saturated rings. The molecule has 1 heterocycles. The Labute approximate surface area is 237 Å². The molecule has 0 spiro atoms. The van der Waals surface area contributed by atoms with E-state index in [2.05, 4.69) is 26.2 Å². The molecule has 6 unspecified atom stereocenters. The van der Waals surface area contributed by atoms with Crippen molar-refractivity contribution in [2.45, 2.75) is 48.8 Å². The van der Waals surface area contributed by atoms with Crippen LogP contribution in [0.4, 0.5) is 11.4 Å². The predicted octanol–water partition coefficient (Wildman–Crippen LogP) is 1.29. The lowest BCUT2D eigenvalue weighted by molar-refractivity contribution is -0.146. The highest BCUT2D eigenvalue weighted by Gasteiger charge is 2.61. The molecule has 214 valence electrons. The highest BCUT2D eigenvalue weighted by Crippen LogP contribution is 2.53. The Balaban J connectivity index is 1.43. The van der Waals surface area contributed by atoms with Crippen LogP contribution in [0.25, 0.3) is 0 Å². The monoisotopic (exact) mass is 588 g/mol. The highest BCUT2D eigenvalue weighted by atomic mass is 32.2. The summed E-state index contributed by atoms with van der Waals surface area (Å²) in [6, 6.07) is 10.9. The van der Waals surface area contributed by atoms with Crippen molar-refractivity contribution in [1.82, 2.24) is 10.2 Å². The van der Waals surface area contributed by atoms with Crippen LogP contribution in [0, 0.1) is 40.4 Å². The van der Waals surface area contributed by atoms with Gasteiger partial charge in [0, 0.05) is 34.5 Å². The van der Waals surface area contributed by atoms with Crippen LogP contribution >= 0.6 is 11.8 Å². The van der Waals surface area contributed by atoms with Crippen molar-refractivity contribution < 1.29 is 27.0 Å². The molecule has 3 aliphatic rings. The van der Waals surface area contributed by atoms with E-state index in [1.807, 2.05) is 19.1 Å². The van der Waals surface area contributed by atoms with Crippen LogP contribution in [0.3, 0.4) is 0 Å². The zero-order chi connectivity index (χ0) is 29.0. The molecule has 3 N–H and O–H groups in total. The number of benzene rings is 1. The molecule has 0 aromatic heterocycles. The second-order valence-corrected chi connectivity index (χ2v) is 13.2. The van der Waals surface area contributed by atoms with E-state index in [1.165, 1.54) is 0 Å². The van der Waals surface area contributed by atoms with Gasteiger partial charge in [0.2, 0.25) is 11.8 Å². The van der Waals surface area contributed by atoms with Crippen molar-refractivity contribution in [1.29, 1.82) is 10.5 Å². The first kappa shape index (κ1) is 29.6. The van der Waals surface area contributed by atoms with Gasteiger partial charge < -0.3 is 20.9 Å². The van der Waals surface area contributed by atoms with Crippen LogP contribution < -0.4 is 16.0 Å². The van der Waals surface area contributed by atoms with Crippen molar-refractivity contribution in [3.63, 3.8) is 0 Å². The first-order chi connectivity index (χ1) is 19.1. The number of carbonyl (C=O) groups excluding carboxylic acids is 3. The maximum Gasteiger partial charge on any atom is 0.264 e. The number of hydrogen-bond donors (Lipinski definition) is 3. The maximum absolute atomic E-state index is 13.6. The molecule has 2 saturated carbocycles. The average Bonchev–Trinajstić information content (AvgIpc) is 2.99. The summed E-state index contributed by atoms with van der Waals surface area (Å²) >= 11 is 1.63. The predicted molar refractivity (Wildman–Crippen MR) is 148 cm³/mol. The van der Waals surface area contributed by atoms with Crippen LogP contribution in [-0.2, 0) is 28.7 Å². The Morgan fingerprint density at radius 2 is 1.98 bits per heavy atom. The van der Waals surface area contributed by atoms with Crippen molar-refractivity contribution in [3.05, 3.63) is 24.3 Å². The minimum Gasteiger partial charge on any atom is -0.382 e. The molecule has 7 atom stereocenters. The number of nitrogens with one attached hydrogen (secondary N) is 3. The molecule has 3 amide bonds. The summed E-state index contributed by atoms with van der Waals surface area (Å²) in [5.74, 6) is -2.36. The molecule has 12 nitrogen and oxygen atoms in total. The molecule has 14 heteroatoms. The van der Waals surface area contributed by atoms with Crippen LogP contribution in [0.15, 0.2) is 24.3 Å². The Bertz CT molecular complexity index is 1340. The summed E-state index contributed by atoms with van der Waals surface area (Å²) in [5, 5.41) is 27.2. The smallest absolute Gasteiger partial charge is 0.264 e. The Kier molecular flexibility index (Phi) is 9.23. The van der Waals surface area contributed by atoms with Crippen LogP contribution in [0.1, 0.15) is 26.2 Å². The van der Waals surface area contributed by atoms with E-state index in [0.717, 1.165) is 18.4 Å². The van der Waals surface area contributed by atoms with Crippen LogP contribution in [0.5, 0.6) is 0 Å². The summed E-state index contributed by atoms with van der Waals surface area (Å²) in [6.07, 6.45) is 2.96. The van der Waals surface area contributed by atoms with Gasteiger partial charge in [-0.1, -0.05) is 6.07 Å². The van der Waals surface area contributed by atoms with Crippen molar-refractivity contribution >= 4 is 51.0 Å². The van der Waals surface area contributed by atoms with Gasteiger partial charge in [-0.15, -0.1) is 0 Å². The first-order valence-corrected chi connectivity index (χ1v) is 15.8. The van der Waals surface area contributed by atoms with Crippen LogP contribution in [-0.4, -0.2) is 79.6 Å². The third-order valence-corrected chi connectivity index (χ3v) is 9.89. The molecule has 4 rings (SSSR count). The van der Waals surface area contributed by atoms with E-state index in [1.54, 1.807) is 34.9 Å². The van der Waals surface area contributed by atoms with E-state index in [0.29, 0.717) is 25.1 Å². The maximum atomic E-state index is 13.6. The van der Waals surface area contributed by atoms with Gasteiger partial charge in [0.05, 0.1) is 42.2 Å². The fraction of sp³-hybridized carbons (Fsp3) is 0.577. The summed E-state index contributed by atoms with van der Waals surface area (Å²) < 4.78 is 26.8. The molecular weight excluding hydrogens is 556 g/mol. The van der Waals surface area contributed by atoms with E-state index in [9.17, 15) is 28.1 Å². The minimum atomic E-state index is -3.73. The lowest BCUT2D eigenvalue weighted by Gasteiger charge is -2.51. The first-order valence-electron chi connectivity index (χ1n) is 13.1. The Morgan fingerprint density at radius 1 is 1.23 bits per heavy atom. The minimum absolute atomic E-state index is 0.0152. The normalized spacial score (nSPS) is 29.4. The van der Waals surface area contributed by atoms with Gasteiger partial charge in [0.25, 0.3) is 16.0 Å². The standard InChI is InChI=1S/C26H32N6O6S2/c1-3-32-23-22(25(34)29-10-9-27)19(13-28)24(23)39-20-12-17(7-8-18(20)26(32)35)30-15-5-4-6-16(11-15)31-21(33)14-38-40(2,36)37/h4-6,11,17-20,22-24,30H,3,7-8,10,12,14H2,1-2H3,(H,29,34)(H,31,33)/t17-,18?,19?,20?,22?,23?,24?/m0/s1. The van der Waals surface area contributed by atoms with Gasteiger partial charge in [-0.05, 0) is 44.4 Å². The fourth-order valence-electron chi connectivity index (χ4n) is 5.84. The third kappa shape index (κ3) is 6.52. The molecule has 0 radical (unpaired) electrons. The fourth-order valence-corrected chi connectivity index (χ4v) is 8.23. The summed E-state index contributed by atoms with van der Waals surface area (Å²) in [6.45, 7) is 1.57. The zero-order valence-corrected chi connectivity index (χ0v) is 23.8. The van der Waals surface area contributed by atoms with Gasteiger partial charge in [-0.2, -0.15) is 30.7 Å².